The fourth-order valence-corrected chi connectivity index (χ4v) is 2.52. The fourth-order valence-electron chi connectivity index (χ4n) is 2.52. The van der Waals surface area contributed by atoms with Gasteiger partial charge in [-0.05, 0) is 51.5 Å². The van der Waals surface area contributed by atoms with Crippen LogP contribution < -0.4 is 5.73 Å². The van der Waals surface area contributed by atoms with Crippen molar-refractivity contribution in [1.82, 2.24) is 4.90 Å². The molecule has 0 aromatic carbocycles. The van der Waals surface area contributed by atoms with Crippen LogP contribution in [-0.4, -0.2) is 36.2 Å². The summed E-state index contributed by atoms with van der Waals surface area (Å²) in [7, 11) is 0. The largest absolute Gasteiger partial charge is 0.389 e. The van der Waals surface area contributed by atoms with Crippen LogP contribution in [0, 0.1) is 5.92 Å². The Labute approximate surface area is 114 Å². The third-order valence-electron chi connectivity index (χ3n) is 4.05. The van der Waals surface area contributed by atoms with E-state index in [4.69, 9.17) is 5.73 Å². The monoisotopic (exact) mass is 280 g/mol. The summed E-state index contributed by atoms with van der Waals surface area (Å²) in [5.41, 5.74) is 5.57. The van der Waals surface area contributed by atoms with E-state index in [0.29, 0.717) is 13.0 Å². The lowest BCUT2D eigenvalue weighted by Gasteiger charge is -2.41. The average Bonchev–Trinajstić information content (AvgIpc) is 3.10. The number of halogens is 3. The quantitative estimate of drug-likeness (QED) is 0.699. The Morgan fingerprint density at radius 3 is 2.26 bits per heavy atom. The van der Waals surface area contributed by atoms with Crippen molar-refractivity contribution in [2.45, 2.75) is 64.1 Å². The molecule has 0 amide bonds. The van der Waals surface area contributed by atoms with Crippen molar-refractivity contribution in [3.63, 3.8) is 0 Å². The number of rotatable bonds is 9. The minimum atomic E-state index is -4.05. The minimum absolute atomic E-state index is 0.169. The predicted molar refractivity (Wildman–Crippen MR) is 72.0 cm³/mol. The molecule has 19 heavy (non-hydrogen) atoms. The molecule has 5 heteroatoms. The van der Waals surface area contributed by atoms with Gasteiger partial charge in [0.25, 0.3) is 0 Å². The van der Waals surface area contributed by atoms with Crippen LogP contribution in [0.4, 0.5) is 13.2 Å². The first kappa shape index (κ1) is 16.8. The molecule has 1 aliphatic carbocycles. The van der Waals surface area contributed by atoms with Gasteiger partial charge in [-0.15, -0.1) is 0 Å². The van der Waals surface area contributed by atoms with E-state index >= 15 is 0 Å². The van der Waals surface area contributed by atoms with Crippen LogP contribution in [0.15, 0.2) is 0 Å². The van der Waals surface area contributed by atoms with Gasteiger partial charge >= 0.3 is 6.18 Å². The summed E-state index contributed by atoms with van der Waals surface area (Å²) in [4.78, 5) is 2.32. The smallest absolute Gasteiger partial charge is 0.329 e. The van der Waals surface area contributed by atoms with Gasteiger partial charge in [0.05, 0.1) is 0 Å². The van der Waals surface area contributed by atoms with Gasteiger partial charge in [0.15, 0.2) is 0 Å². The molecule has 0 spiro atoms. The molecular weight excluding hydrogens is 253 g/mol. The van der Waals surface area contributed by atoms with Gasteiger partial charge in [0.1, 0.15) is 0 Å². The molecule has 0 aromatic rings. The first-order valence-electron chi connectivity index (χ1n) is 7.32. The van der Waals surface area contributed by atoms with E-state index in [1.807, 2.05) is 6.92 Å². The van der Waals surface area contributed by atoms with Gasteiger partial charge in [0.2, 0.25) is 0 Å². The van der Waals surface area contributed by atoms with Crippen molar-refractivity contribution in [1.29, 1.82) is 0 Å². The standard InChI is InChI=1S/C14H27F3N2/c1-3-9-19(10-12-5-6-12)13(2,11-18)7-4-8-14(15,16)17/h12H,3-11,18H2,1-2H3. The summed E-state index contributed by atoms with van der Waals surface area (Å²) in [6.45, 7) is 6.47. The van der Waals surface area contributed by atoms with Gasteiger partial charge in [-0.3, -0.25) is 4.90 Å². The van der Waals surface area contributed by atoms with Gasteiger partial charge in [-0.2, -0.15) is 13.2 Å². The topological polar surface area (TPSA) is 29.3 Å². The van der Waals surface area contributed by atoms with Crippen LogP contribution in [0.3, 0.4) is 0 Å². The van der Waals surface area contributed by atoms with Crippen molar-refractivity contribution in [3.05, 3.63) is 0 Å². The second kappa shape index (κ2) is 6.93. The van der Waals surface area contributed by atoms with Gasteiger partial charge < -0.3 is 5.73 Å². The van der Waals surface area contributed by atoms with Crippen LogP contribution in [0.25, 0.3) is 0 Å². The summed E-state index contributed by atoms with van der Waals surface area (Å²) >= 11 is 0. The molecule has 0 heterocycles. The molecule has 0 radical (unpaired) electrons. The number of hydrogen-bond acceptors (Lipinski definition) is 2. The highest BCUT2D eigenvalue weighted by Crippen LogP contribution is 2.34. The highest BCUT2D eigenvalue weighted by atomic mass is 19.4. The molecular formula is C14H27F3N2. The fraction of sp³-hybridized carbons (Fsp3) is 1.00. The first-order valence-corrected chi connectivity index (χ1v) is 7.32. The summed E-state index contributed by atoms with van der Waals surface area (Å²) < 4.78 is 36.8. The molecule has 0 aliphatic heterocycles. The maximum atomic E-state index is 12.3. The van der Waals surface area contributed by atoms with Crippen molar-refractivity contribution in [2.24, 2.45) is 11.7 Å². The Morgan fingerprint density at radius 1 is 1.21 bits per heavy atom. The molecule has 2 nitrogen and oxygen atoms in total. The van der Waals surface area contributed by atoms with Crippen LogP contribution in [-0.2, 0) is 0 Å². The molecule has 0 saturated heterocycles. The lowest BCUT2D eigenvalue weighted by atomic mass is 9.91. The van der Waals surface area contributed by atoms with Gasteiger partial charge in [-0.25, -0.2) is 0 Å². The van der Waals surface area contributed by atoms with Gasteiger partial charge in [0, 0.05) is 25.0 Å². The first-order chi connectivity index (χ1) is 8.80. The molecule has 114 valence electrons. The molecule has 2 N–H and O–H groups in total. The number of nitrogens with zero attached hydrogens (tertiary/aromatic N) is 1. The van der Waals surface area contributed by atoms with Crippen molar-refractivity contribution in [3.8, 4) is 0 Å². The van der Waals surface area contributed by atoms with Crippen LogP contribution in [0.5, 0.6) is 0 Å². The van der Waals surface area contributed by atoms with Crippen molar-refractivity contribution < 1.29 is 13.2 Å². The van der Waals surface area contributed by atoms with Crippen LogP contribution in [0.2, 0.25) is 0 Å². The van der Waals surface area contributed by atoms with Crippen LogP contribution in [0.1, 0.15) is 52.4 Å². The second-order valence-electron chi connectivity index (χ2n) is 6.06. The van der Waals surface area contributed by atoms with Crippen LogP contribution >= 0.6 is 0 Å². The Kier molecular flexibility index (Phi) is 6.12. The highest BCUT2D eigenvalue weighted by Gasteiger charge is 2.35. The zero-order chi connectivity index (χ0) is 14.5. The maximum absolute atomic E-state index is 12.3. The highest BCUT2D eigenvalue weighted by molar-refractivity contribution is 4.90. The van der Waals surface area contributed by atoms with E-state index in [1.54, 1.807) is 0 Å². The third kappa shape index (κ3) is 6.13. The van der Waals surface area contributed by atoms with Crippen molar-refractivity contribution >= 4 is 0 Å². The number of alkyl halides is 3. The molecule has 1 fully saturated rings. The summed E-state index contributed by atoms with van der Waals surface area (Å²) in [6, 6.07) is 0. The van der Waals surface area contributed by atoms with E-state index in [-0.39, 0.29) is 12.0 Å². The molecule has 1 saturated carbocycles. The Balaban J connectivity index is 2.52. The predicted octanol–water partition coefficient (Wildman–Crippen LogP) is 3.56. The third-order valence-corrected chi connectivity index (χ3v) is 4.05. The molecule has 1 unspecified atom stereocenters. The van der Waals surface area contributed by atoms with E-state index < -0.39 is 12.6 Å². The molecule has 1 aliphatic rings. The SMILES string of the molecule is CCCN(CC1CC1)C(C)(CN)CCCC(F)(F)F. The van der Waals surface area contributed by atoms with E-state index in [9.17, 15) is 13.2 Å². The Bertz CT molecular complexity index is 264. The molecule has 1 rings (SSSR count). The molecule has 0 aromatic heterocycles. The number of hydrogen-bond donors (Lipinski definition) is 1. The number of nitrogens with two attached hydrogens (primary N) is 1. The molecule has 0 bridgehead atoms. The van der Waals surface area contributed by atoms with E-state index in [2.05, 4.69) is 11.8 Å². The van der Waals surface area contributed by atoms with Gasteiger partial charge in [-0.1, -0.05) is 6.92 Å². The Morgan fingerprint density at radius 2 is 1.84 bits per heavy atom. The Hall–Kier alpha value is -0.290. The van der Waals surface area contributed by atoms with E-state index in [1.165, 1.54) is 12.8 Å². The van der Waals surface area contributed by atoms with E-state index in [0.717, 1.165) is 25.4 Å². The minimum Gasteiger partial charge on any atom is -0.329 e. The lowest BCUT2D eigenvalue weighted by Crippen LogP contribution is -2.52. The normalized spacial score (nSPS) is 19.7. The molecule has 1 atom stereocenters. The summed E-state index contributed by atoms with van der Waals surface area (Å²) in [5.74, 6) is 0.736. The second-order valence-corrected chi connectivity index (χ2v) is 6.06. The summed E-state index contributed by atoms with van der Waals surface area (Å²) in [5, 5.41) is 0. The zero-order valence-corrected chi connectivity index (χ0v) is 12.1. The average molecular weight is 280 g/mol. The zero-order valence-electron chi connectivity index (χ0n) is 12.1. The maximum Gasteiger partial charge on any atom is 0.389 e. The van der Waals surface area contributed by atoms with Crippen molar-refractivity contribution in [2.75, 3.05) is 19.6 Å². The summed E-state index contributed by atoms with van der Waals surface area (Å²) in [6.07, 6.45) is -0.542. The lowest BCUT2D eigenvalue weighted by molar-refractivity contribution is -0.136.